The number of H-pyrrole nitrogens is 1. The van der Waals surface area contributed by atoms with E-state index in [4.69, 9.17) is 9.84 Å². The molecule has 108 valence electrons. The molecular formula is C11H19N3O4S. The summed E-state index contributed by atoms with van der Waals surface area (Å²) in [7, 11) is -2.01. The van der Waals surface area contributed by atoms with Crippen LogP contribution in [0, 0.1) is 5.41 Å². The molecule has 0 bridgehead atoms. The first-order valence-electron chi connectivity index (χ1n) is 6.15. The number of aromatic amines is 1. The lowest BCUT2D eigenvalue weighted by Crippen LogP contribution is -2.31. The molecule has 1 fully saturated rings. The molecule has 0 radical (unpaired) electrons. The van der Waals surface area contributed by atoms with E-state index in [1.54, 1.807) is 7.11 Å². The van der Waals surface area contributed by atoms with Crippen molar-refractivity contribution in [2.75, 3.05) is 20.3 Å². The monoisotopic (exact) mass is 289 g/mol. The van der Waals surface area contributed by atoms with Crippen molar-refractivity contribution in [1.29, 1.82) is 0 Å². The van der Waals surface area contributed by atoms with E-state index in [0.29, 0.717) is 13.2 Å². The Morgan fingerprint density at radius 2 is 2.32 bits per heavy atom. The summed E-state index contributed by atoms with van der Waals surface area (Å²) in [5, 5.41) is 15.1. The zero-order chi connectivity index (χ0) is 13.9. The zero-order valence-corrected chi connectivity index (χ0v) is 11.7. The highest BCUT2D eigenvalue weighted by Crippen LogP contribution is 2.48. The Hall–Kier alpha value is -0.960. The lowest BCUT2D eigenvalue weighted by atomic mass is 10.0. The summed E-state index contributed by atoms with van der Waals surface area (Å²) in [6, 6.07) is 0. The average Bonchev–Trinajstić information content (AvgIpc) is 2.99. The Morgan fingerprint density at radius 1 is 1.58 bits per heavy atom. The van der Waals surface area contributed by atoms with Crippen molar-refractivity contribution in [2.24, 2.45) is 5.41 Å². The lowest BCUT2D eigenvalue weighted by molar-refractivity contribution is 0.173. The van der Waals surface area contributed by atoms with Gasteiger partial charge in [0.05, 0.1) is 12.8 Å². The Labute approximate surface area is 112 Å². The van der Waals surface area contributed by atoms with E-state index < -0.39 is 10.0 Å². The molecule has 1 aliphatic rings. The molecule has 8 heteroatoms. The number of aromatic nitrogens is 2. The largest absolute Gasteiger partial charge is 0.392 e. The number of methoxy groups -OCH3 is 1. The highest BCUT2D eigenvalue weighted by Gasteiger charge is 2.42. The van der Waals surface area contributed by atoms with Gasteiger partial charge in [0.2, 0.25) is 0 Å². The van der Waals surface area contributed by atoms with Crippen molar-refractivity contribution in [3.63, 3.8) is 0 Å². The molecule has 19 heavy (non-hydrogen) atoms. The van der Waals surface area contributed by atoms with Crippen LogP contribution in [-0.2, 0) is 21.4 Å². The van der Waals surface area contributed by atoms with Crippen molar-refractivity contribution >= 4 is 10.0 Å². The first-order valence-corrected chi connectivity index (χ1v) is 7.63. The second-order valence-electron chi connectivity index (χ2n) is 4.95. The Kier molecular flexibility index (Phi) is 4.24. The van der Waals surface area contributed by atoms with Gasteiger partial charge in [0.1, 0.15) is 0 Å². The normalized spacial score (nSPS) is 17.6. The molecule has 1 aromatic heterocycles. The second-order valence-corrected chi connectivity index (χ2v) is 6.65. The minimum atomic E-state index is -3.65. The number of ether oxygens (including phenoxy) is 1. The van der Waals surface area contributed by atoms with Crippen LogP contribution in [0.1, 0.15) is 24.8 Å². The third kappa shape index (κ3) is 3.33. The molecule has 0 aliphatic heterocycles. The fourth-order valence-corrected chi connectivity index (χ4v) is 3.25. The van der Waals surface area contributed by atoms with Crippen molar-refractivity contribution in [3.05, 3.63) is 11.8 Å². The number of sulfonamides is 1. The summed E-state index contributed by atoms with van der Waals surface area (Å²) in [5.74, 6) is 0. The van der Waals surface area contributed by atoms with Crippen molar-refractivity contribution < 1.29 is 18.3 Å². The van der Waals surface area contributed by atoms with Crippen LogP contribution in [0.15, 0.2) is 11.2 Å². The molecule has 7 nitrogen and oxygen atoms in total. The summed E-state index contributed by atoms with van der Waals surface area (Å²) in [6.45, 7) is 0.665. The summed E-state index contributed by atoms with van der Waals surface area (Å²) in [4.78, 5) is 0. The zero-order valence-electron chi connectivity index (χ0n) is 10.8. The van der Waals surface area contributed by atoms with E-state index in [9.17, 15) is 8.42 Å². The highest BCUT2D eigenvalue weighted by atomic mass is 32.2. The number of rotatable bonds is 8. The van der Waals surface area contributed by atoms with Crippen LogP contribution in [0.3, 0.4) is 0 Å². The molecule has 1 aliphatic carbocycles. The minimum absolute atomic E-state index is 0.0302. The van der Waals surface area contributed by atoms with E-state index in [0.717, 1.165) is 19.3 Å². The number of aliphatic hydroxyl groups is 1. The molecule has 0 unspecified atom stereocenters. The smallest absolute Gasteiger partial charge is 0.257 e. The molecule has 0 amide bonds. The van der Waals surface area contributed by atoms with Gasteiger partial charge in [-0.3, -0.25) is 5.10 Å². The Balaban J connectivity index is 1.99. The van der Waals surface area contributed by atoms with E-state index in [1.807, 2.05) is 0 Å². The van der Waals surface area contributed by atoms with E-state index in [1.165, 1.54) is 6.20 Å². The van der Waals surface area contributed by atoms with Crippen LogP contribution < -0.4 is 4.72 Å². The third-order valence-electron chi connectivity index (χ3n) is 3.55. The van der Waals surface area contributed by atoms with Crippen LogP contribution in [0.5, 0.6) is 0 Å². The Bertz CT molecular complexity index is 522. The van der Waals surface area contributed by atoms with Gasteiger partial charge >= 0.3 is 0 Å². The summed E-state index contributed by atoms with van der Waals surface area (Å²) in [5.41, 5.74) is 0.303. The third-order valence-corrected chi connectivity index (χ3v) is 4.96. The van der Waals surface area contributed by atoms with Gasteiger partial charge in [-0.15, -0.1) is 0 Å². The number of nitrogens with zero attached hydrogens (tertiary/aromatic N) is 1. The fraction of sp³-hybridized carbons (Fsp3) is 0.727. The first kappa shape index (κ1) is 14.4. The standard InChI is InChI=1S/C11H19N3O4S/c1-18-5-4-11(2-3-11)8-13-19(16,17)10-9(7-15)6-12-14-10/h6,13,15H,2-5,7-8H2,1H3,(H,12,14). The predicted octanol–water partition coefficient (Wildman–Crippen LogP) is -0.00300. The quantitative estimate of drug-likeness (QED) is 0.625. The first-order chi connectivity index (χ1) is 9.03. The van der Waals surface area contributed by atoms with Gasteiger partial charge in [-0.25, -0.2) is 13.1 Å². The van der Waals surface area contributed by atoms with Gasteiger partial charge in [-0.05, 0) is 24.7 Å². The van der Waals surface area contributed by atoms with Crippen LogP contribution in [0.2, 0.25) is 0 Å². The van der Waals surface area contributed by atoms with Crippen LogP contribution in [0.4, 0.5) is 0 Å². The van der Waals surface area contributed by atoms with Gasteiger partial charge < -0.3 is 9.84 Å². The van der Waals surface area contributed by atoms with Gasteiger partial charge in [0.25, 0.3) is 10.0 Å². The van der Waals surface area contributed by atoms with Crippen molar-refractivity contribution in [3.8, 4) is 0 Å². The summed E-state index contributed by atoms with van der Waals surface area (Å²) in [6.07, 6.45) is 4.18. The van der Waals surface area contributed by atoms with Gasteiger partial charge in [0.15, 0.2) is 5.03 Å². The van der Waals surface area contributed by atoms with E-state index in [2.05, 4.69) is 14.9 Å². The van der Waals surface area contributed by atoms with E-state index >= 15 is 0 Å². The molecule has 0 saturated heterocycles. The number of aliphatic hydroxyl groups excluding tert-OH is 1. The molecule has 1 saturated carbocycles. The van der Waals surface area contributed by atoms with Gasteiger partial charge in [-0.1, -0.05) is 0 Å². The molecule has 0 atom stereocenters. The second kappa shape index (κ2) is 5.58. The molecular weight excluding hydrogens is 270 g/mol. The topological polar surface area (TPSA) is 104 Å². The summed E-state index contributed by atoms with van der Waals surface area (Å²) < 4.78 is 31.8. The Morgan fingerprint density at radius 3 is 2.89 bits per heavy atom. The SMILES string of the molecule is COCCC1(CNS(=O)(=O)c2[nH]ncc2CO)CC1. The maximum absolute atomic E-state index is 12.1. The van der Waals surface area contributed by atoms with Gasteiger partial charge in [-0.2, -0.15) is 5.10 Å². The maximum atomic E-state index is 12.1. The fourth-order valence-electron chi connectivity index (χ4n) is 1.98. The summed E-state index contributed by atoms with van der Waals surface area (Å²) >= 11 is 0. The molecule has 0 aromatic carbocycles. The number of hydrogen-bond donors (Lipinski definition) is 3. The average molecular weight is 289 g/mol. The lowest BCUT2D eigenvalue weighted by Gasteiger charge is -2.15. The van der Waals surface area contributed by atoms with Crippen LogP contribution in [0.25, 0.3) is 0 Å². The van der Waals surface area contributed by atoms with Crippen molar-refractivity contribution in [2.45, 2.75) is 30.9 Å². The van der Waals surface area contributed by atoms with E-state index in [-0.39, 0.29) is 22.6 Å². The number of hydrogen-bond acceptors (Lipinski definition) is 5. The highest BCUT2D eigenvalue weighted by molar-refractivity contribution is 7.89. The predicted molar refractivity (Wildman–Crippen MR) is 67.9 cm³/mol. The maximum Gasteiger partial charge on any atom is 0.257 e. The van der Waals surface area contributed by atoms with Gasteiger partial charge in [0, 0.05) is 25.8 Å². The molecule has 0 spiro atoms. The van der Waals surface area contributed by atoms with Crippen LogP contribution in [-0.4, -0.2) is 44.0 Å². The molecule has 2 rings (SSSR count). The van der Waals surface area contributed by atoms with Crippen molar-refractivity contribution in [1.82, 2.24) is 14.9 Å². The molecule has 1 aromatic rings. The minimum Gasteiger partial charge on any atom is -0.392 e. The molecule has 1 heterocycles. The molecule has 3 N–H and O–H groups in total. The number of nitrogens with one attached hydrogen (secondary N) is 2. The van der Waals surface area contributed by atoms with Crippen LogP contribution >= 0.6 is 0 Å².